The van der Waals surface area contributed by atoms with Crippen LogP contribution in [-0.2, 0) is 89.0 Å². The van der Waals surface area contributed by atoms with E-state index in [0.29, 0.717) is 45.2 Å². The number of rotatable bonds is 29. The van der Waals surface area contributed by atoms with Crippen molar-refractivity contribution in [3.8, 4) is 0 Å². The second-order valence-electron chi connectivity index (χ2n) is 18.6. The number of methoxy groups -OCH3 is 1. The van der Waals surface area contributed by atoms with Crippen LogP contribution < -0.4 is 0 Å². The average Bonchev–Trinajstić information content (AvgIpc) is 3.75. The number of unbranched alkanes of at least 4 members (excludes halogenated alkanes) is 4. The van der Waals surface area contributed by atoms with E-state index in [1.54, 1.807) is 18.7 Å². The van der Waals surface area contributed by atoms with Gasteiger partial charge in [-0.3, -0.25) is 0 Å². The van der Waals surface area contributed by atoms with Crippen molar-refractivity contribution in [1.82, 2.24) is 4.90 Å². The Kier molecular flexibility index (Phi) is 25.2. The summed E-state index contributed by atoms with van der Waals surface area (Å²) >= 11 is 0. The SMILES string of the molecule is CCCCO[C@@H](COC(C)=O)C1O[C@H](O[C@H]2C([C@H]3COC(C)(C)O3)O[C@@](OCCCCCN(Cc3ccccc3)C(=O)OCc3ccccc3)(C(=O)OC)C[C@H]2OCCCC)[C@H](OC(C)=O)C(O)[C@@H]1OB=BP. The third-order valence-corrected chi connectivity index (χ3v) is 12.6. The summed E-state index contributed by atoms with van der Waals surface area (Å²) in [5, 5.41) is 12.1. The van der Waals surface area contributed by atoms with Crippen LogP contribution in [0.25, 0.3) is 0 Å². The van der Waals surface area contributed by atoms with Crippen LogP contribution in [0.1, 0.15) is 104 Å². The van der Waals surface area contributed by atoms with E-state index in [-0.39, 0.29) is 46.1 Å². The number of nitrogens with zero attached hydrogens (tertiary/aromatic N) is 1. The van der Waals surface area contributed by atoms with E-state index in [4.69, 9.17) is 61.5 Å². The van der Waals surface area contributed by atoms with Crippen molar-refractivity contribution in [1.29, 1.82) is 0 Å². The van der Waals surface area contributed by atoms with Crippen molar-refractivity contribution in [3.05, 3.63) is 71.8 Å². The zero-order valence-electron chi connectivity index (χ0n) is 43.4. The second kappa shape index (κ2) is 30.6. The monoisotopic (exact) mass is 1040 g/mol. The van der Waals surface area contributed by atoms with E-state index in [1.165, 1.54) is 34.5 Å². The molecule has 12 atom stereocenters. The predicted octanol–water partition coefficient (Wildman–Crippen LogP) is 5.57. The minimum absolute atomic E-state index is 0.000871. The fourth-order valence-corrected chi connectivity index (χ4v) is 8.83. The van der Waals surface area contributed by atoms with Gasteiger partial charge in [0, 0.05) is 13.1 Å². The fraction of sp³-hybridized carbons (Fsp3) is 0.686. The Balaban J connectivity index is 1.41. The van der Waals surface area contributed by atoms with E-state index in [1.807, 2.05) is 74.5 Å². The van der Waals surface area contributed by atoms with Gasteiger partial charge in [0.25, 0.3) is 0 Å². The summed E-state index contributed by atoms with van der Waals surface area (Å²) in [7, 11) is 4.94. The second-order valence-corrected chi connectivity index (χ2v) is 19.0. The topological polar surface area (TPSA) is 212 Å². The predicted molar refractivity (Wildman–Crippen MR) is 270 cm³/mol. The summed E-state index contributed by atoms with van der Waals surface area (Å²) in [5.41, 5.74) is 1.84. The molecule has 0 spiro atoms. The molecule has 0 radical (unpaired) electrons. The van der Waals surface area contributed by atoms with Crippen LogP contribution in [0.4, 0.5) is 4.79 Å². The van der Waals surface area contributed by atoms with Crippen molar-refractivity contribution in [2.24, 2.45) is 0 Å². The summed E-state index contributed by atoms with van der Waals surface area (Å²) in [6.45, 7) is 12.6. The number of hydrogen-bond acceptors (Lipinski definition) is 18. The van der Waals surface area contributed by atoms with Gasteiger partial charge < -0.3 is 9.64 Å². The molecule has 3 aliphatic rings. The van der Waals surface area contributed by atoms with E-state index in [9.17, 15) is 24.3 Å². The number of hydrogen-bond donors (Lipinski definition) is 1. The molecule has 0 bridgehead atoms. The zero-order valence-corrected chi connectivity index (χ0v) is 44.6. The molecule has 3 heterocycles. The molecule has 3 saturated heterocycles. The molecule has 0 aromatic heterocycles. The van der Waals surface area contributed by atoms with Crippen LogP contribution in [0.5, 0.6) is 0 Å². The molecule has 73 heavy (non-hydrogen) atoms. The molecule has 3 aliphatic heterocycles. The van der Waals surface area contributed by atoms with E-state index >= 15 is 0 Å². The third-order valence-electron chi connectivity index (χ3n) is 12.4. The number of benzene rings is 2. The van der Waals surface area contributed by atoms with Crippen LogP contribution in [0.2, 0.25) is 0 Å². The summed E-state index contributed by atoms with van der Waals surface area (Å²) in [4.78, 5) is 54.2. The van der Waals surface area contributed by atoms with Gasteiger partial charge in [0.1, 0.15) is 6.61 Å². The molecular weight excluding hydrogens is 967 g/mol. The molecule has 4 unspecified atom stereocenters. The van der Waals surface area contributed by atoms with Gasteiger partial charge in [-0.1, -0.05) is 67.6 Å². The molecule has 0 saturated carbocycles. The van der Waals surface area contributed by atoms with Gasteiger partial charge in [0.2, 0.25) is 0 Å². The first-order valence-electron chi connectivity index (χ1n) is 25.4. The van der Waals surface area contributed by atoms with Crippen LogP contribution in [0, 0.1) is 0 Å². The molecule has 2 aromatic rings. The average molecular weight is 1040 g/mol. The summed E-state index contributed by atoms with van der Waals surface area (Å²) in [5.74, 6) is -5.26. The Morgan fingerprint density at radius 1 is 0.849 bits per heavy atom. The molecular formula is C51H76B2NO18P. The number of esters is 3. The first-order chi connectivity index (χ1) is 35.1. The third kappa shape index (κ3) is 18.4. The van der Waals surface area contributed by atoms with Crippen LogP contribution in [-0.4, -0.2) is 167 Å². The van der Waals surface area contributed by atoms with Gasteiger partial charge in [0.05, 0.1) is 7.11 Å². The van der Waals surface area contributed by atoms with E-state index in [2.05, 4.69) is 9.12 Å². The molecule has 1 amide bonds. The molecule has 22 heteroatoms. The van der Waals surface area contributed by atoms with Crippen LogP contribution >= 0.6 is 9.12 Å². The Hall–Kier alpha value is -3.88. The molecule has 404 valence electrons. The molecule has 2 aromatic carbocycles. The van der Waals surface area contributed by atoms with E-state index < -0.39 is 96.8 Å². The molecule has 0 aliphatic carbocycles. The minimum atomic E-state index is -2.04. The Morgan fingerprint density at radius 3 is 2.18 bits per heavy atom. The first kappa shape index (κ1) is 60.0. The normalized spacial score (nSPS) is 27.0. The number of carbonyl (C=O) groups excluding carboxylic acids is 4. The maximum atomic E-state index is 14.2. The number of ether oxygens (including phenoxy) is 12. The first-order valence-corrected chi connectivity index (χ1v) is 26.1. The molecule has 19 nitrogen and oxygen atoms in total. The summed E-state index contributed by atoms with van der Waals surface area (Å²) in [6, 6.07) is 19.2. The standard InChI is InChI=1S/C51H76B2NO18P/c1-8-10-26-61-38-29-51(48(58)60-7,65-28-20-14-19-25-54(30-36-21-15-12-16-22-36)49(59)64-31-37-23-17-13-18-24-37)71-44(40-33-66-50(5,6)70-40)42(38)68-47-46(67-35(4)56)41(57)45(72-52-53-73)43(69-47)39(32-63-34(3)55)62-27-11-9-2/h12-13,15-18,21-24,38-47,57H,8-11,14,19-20,25-33,73H2,1-7H3/t38-,39+,40-,41?,42-,43?,44?,45+,46-,47+,51-/m1/s1. The van der Waals surface area contributed by atoms with Crippen LogP contribution in [0.3, 0.4) is 0 Å². The van der Waals surface area contributed by atoms with Crippen molar-refractivity contribution in [2.45, 2.75) is 179 Å². The van der Waals surface area contributed by atoms with Gasteiger partial charge in [-0.05, 0) is 30.4 Å². The number of aliphatic hydroxyl groups is 1. The Bertz CT molecular complexity index is 2010. The Morgan fingerprint density at radius 2 is 1.55 bits per heavy atom. The van der Waals surface area contributed by atoms with Crippen molar-refractivity contribution in [3.63, 3.8) is 0 Å². The maximum absolute atomic E-state index is 14.2. The van der Waals surface area contributed by atoms with Crippen LogP contribution in [0.15, 0.2) is 60.7 Å². The fourth-order valence-electron chi connectivity index (χ4n) is 8.74. The number of amides is 1. The van der Waals surface area contributed by atoms with Crippen molar-refractivity contribution in [2.75, 3.05) is 46.7 Å². The summed E-state index contributed by atoms with van der Waals surface area (Å²) in [6.07, 6.45) is -8.35. The van der Waals surface area contributed by atoms with Crippen molar-refractivity contribution < 1.29 is 85.8 Å². The molecule has 3 fully saturated rings. The van der Waals surface area contributed by atoms with Gasteiger partial charge in [-0.2, -0.15) is 0 Å². The van der Waals surface area contributed by atoms with Gasteiger partial charge >= 0.3 is 295 Å². The number of carbonyl (C=O) groups is 4. The van der Waals surface area contributed by atoms with E-state index in [0.717, 1.165) is 24.0 Å². The quantitative estimate of drug-likeness (QED) is 0.0347. The number of aliphatic hydroxyl groups excluding tert-OH is 1. The molecule has 1 N–H and O–H groups in total. The van der Waals surface area contributed by atoms with Gasteiger partial charge in [-0.15, -0.1) is 0 Å². The Labute approximate surface area is 433 Å². The van der Waals surface area contributed by atoms with Crippen molar-refractivity contribution >= 4 is 46.6 Å². The van der Waals surface area contributed by atoms with Gasteiger partial charge in [-0.25, -0.2) is 4.79 Å². The summed E-state index contributed by atoms with van der Waals surface area (Å²) < 4.78 is 80.4. The van der Waals surface area contributed by atoms with Gasteiger partial charge in [0.15, 0.2) is 0 Å². The molecule has 5 rings (SSSR count). The zero-order chi connectivity index (χ0) is 52.8.